The number of nitrogens with one attached hydrogen (secondary N) is 1. The summed E-state index contributed by atoms with van der Waals surface area (Å²) in [6, 6.07) is 6.03. The van der Waals surface area contributed by atoms with E-state index >= 15 is 0 Å². The van der Waals surface area contributed by atoms with Crippen molar-refractivity contribution in [1.82, 2.24) is 4.72 Å². The minimum atomic E-state index is -3.49. The average Bonchev–Trinajstić information content (AvgIpc) is 2.46. The zero-order valence-corrected chi connectivity index (χ0v) is 15.1. The van der Waals surface area contributed by atoms with Crippen LogP contribution in [0.25, 0.3) is 0 Å². The van der Waals surface area contributed by atoms with Crippen molar-refractivity contribution in [3.63, 3.8) is 0 Å². The molecule has 2 N–H and O–H groups in total. The molecule has 0 aliphatic rings. The summed E-state index contributed by atoms with van der Waals surface area (Å²) in [6.07, 6.45) is 3.92. The minimum Gasteiger partial charge on any atom is -0.481 e. The summed E-state index contributed by atoms with van der Waals surface area (Å²) in [7, 11) is -3.49. The van der Waals surface area contributed by atoms with Gasteiger partial charge in [-0.15, -0.1) is 0 Å². The van der Waals surface area contributed by atoms with Gasteiger partial charge in [0.15, 0.2) is 0 Å². The highest BCUT2D eigenvalue weighted by Gasteiger charge is 2.25. The second-order valence-electron chi connectivity index (χ2n) is 6.20. The van der Waals surface area contributed by atoms with Crippen LogP contribution in [0.3, 0.4) is 0 Å². The number of hydrogen-bond acceptors (Lipinski definition) is 3. The molecule has 0 aromatic heterocycles. The maximum Gasteiger partial charge on any atom is 0.309 e. The first-order chi connectivity index (χ1) is 10.6. The summed E-state index contributed by atoms with van der Waals surface area (Å²) in [5, 5.41) is 9.51. The number of carboxylic acids is 1. The molecule has 0 amide bonds. The molecule has 0 atom stereocenters. The third-order valence-corrected chi connectivity index (χ3v) is 5.45. The maximum absolute atomic E-state index is 12.0. The molecule has 0 saturated heterocycles. The predicted octanol–water partition coefficient (Wildman–Crippen LogP) is 3.68. The number of carbonyl (C=O) groups is 1. The Morgan fingerprint density at radius 1 is 1.13 bits per heavy atom. The van der Waals surface area contributed by atoms with E-state index in [4.69, 9.17) is 16.7 Å². The van der Waals surface area contributed by atoms with E-state index in [1.54, 1.807) is 26.0 Å². The first-order valence-electron chi connectivity index (χ1n) is 7.64. The number of sulfonamides is 1. The Labute approximate surface area is 143 Å². The van der Waals surface area contributed by atoms with Crippen LogP contribution in [0.1, 0.15) is 46.0 Å². The fourth-order valence-corrected chi connectivity index (χ4v) is 3.26. The van der Waals surface area contributed by atoms with Gasteiger partial charge < -0.3 is 5.11 Å². The summed E-state index contributed by atoms with van der Waals surface area (Å²) < 4.78 is 26.6. The Morgan fingerprint density at radius 2 is 1.70 bits per heavy atom. The molecule has 0 bridgehead atoms. The topological polar surface area (TPSA) is 83.5 Å². The van der Waals surface area contributed by atoms with Gasteiger partial charge in [-0.3, -0.25) is 4.79 Å². The van der Waals surface area contributed by atoms with Gasteiger partial charge in [-0.25, -0.2) is 13.1 Å². The van der Waals surface area contributed by atoms with Crippen molar-refractivity contribution in [3.8, 4) is 0 Å². The summed E-state index contributed by atoms with van der Waals surface area (Å²) >= 11 is 5.74. The van der Waals surface area contributed by atoms with Crippen LogP contribution in [0, 0.1) is 5.41 Å². The molecule has 1 aromatic carbocycles. The monoisotopic (exact) mass is 361 g/mol. The highest BCUT2D eigenvalue weighted by atomic mass is 35.5. The first kappa shape index (κ1) is 19.9. The molecule has 130 valence electrons. The van der Waals surface area contributed by atoms with E-state index in [1.165, 1.54) is 12.1 Å². The van der Waals surface area contributed by atoms with Crippen LogP contribution in [0.4, 0.5) is 0 Å². The quantitative estimate of drug-likeness (QED) is 0.622. The average molecular weight is 362 g/mol. The second-order valence-corrected chi connectivity index (χ2v) is 8.41. The van der Waals surface area contributed by atoms with Gasteiger partial charge in [0.1, 0.15) is 0 Å². The highest BCUT2D eigenvalue weighted by Crippen LogP contribution is 2.24. The predicted molar refractivity (Wildman–Crippen MR) is 91.1 cm³/mol. The lowest BCUT2D eigenvalue weighted by molar-refractivity contribution is -0.147. The van der Waals surface area contributed by atoms with E-state index in [-0.39, 0.29) is 4.90 Å². The van der Waals surface area contributed by atoms with Gasteiger partial charge in [0.2, 0.25) is 10.0 Å². The second kappa shape index (κ2) is 8.66. The third kappa shape index (κ3) is 6.89. The molecule has 1 rings (SSSR count). The van der Waals surface area contributed by atoms with Crippen LogP contribution in [0.2, 0.25) is 5.02 Å². The number of unbranched alkanes of at least 4 members (excludes halogenated alkanes) is 3. The number of halogens is 1. The molecule has 0 radical (unpaired) electrons. The SMILES string of the molecule is CC(C)(CCCCCCNS(=O)(=O)c1ccc(Cl)cc1)C(=O)O. The van der Waals surface area contributed by atoms with Crippen molar-refractivity contribution < 1.29 is 18.3 Å². The van der Waals surface area contributed by atoms with Gasteiger partial charge in [-0.2, -0.15) is 0 Å². The largest absolute Gasteiger partial charge is 0.481 e. The number of benzene rings is 1. The number of aliphatic carboxylic acids is 1. The van der Waals surface area contributed by atoms with Crippen molar-refractivity contribution in [3.05, 3.63) is 29.3 Å². The highest BCUT2D eigenvalue weighted by molar-refractivity contribution is 7.89. The fourth-order valence-electron chi connectivity index (χ4n) is 2.06. The van der Waals surface area contributed by atoms with Gasteiger partial charge in [-0.05, 0) is 51.0 Å². The van der Waals surface area contributed by atoms with E-state index in [9.17, 15) is 13.2 Å². The number of rotatable bonds is 10. The summed E-state index contributed by atoms with van der Waals surface area (Å²) in [4.78, 5) is 11.2. The number of hydrogen-bond donors (Lipinski definition) is 2. The zero-order chi connectivity index (χ0) is 17.5. The van der Waals surface area contributed by atoms with Crippen molar-refractivity contribution >= 4 is 27.6 Å². The van der Waals surface area contributed by atoms with Gasteiger partial charge in [0.25, 0.3) is 0 Å². The van der Waals surface area contributed by atoms with Crippen LogP contribution in [0.15, 0.2) is 29.2 Å². The van der Waals surface area contributed by atoms with Crippen LogP contribution >= 0.6 is 11.6 Å². The van der Waals surface area contributed by atoms with Crippen molar-refractivity contribution in [1.29, 1.82) is 0 Å². The molecule has 0 unspecified atom stereocenters. The Kier molecular flexibility index (Phi) is 7.51. The lowest BCUT2D eigenvalue weighted by Crippen LogP contribution is -2.25. The molecule has 0 aliphatic carbocycles. The van der Waals surface area contributed by atoms with Gasteiger partial charge >= 0.3 is 5.97 Å². The third-order valence-electron chi connectivity index (χ3n) is 3.72. The molecule has 1 aromatic rings. The minimum absolute atomic E-state index is 0.199. The molecular weight excluding hydrogens is 338 g/mol. The first-order valence-corrected chi connectivity index (χ1v) is 9.50. The summed E-state index contributed by atoms with van der Waals surface area (Å²) in [6.45, 7) is 3.80. The zero-order valence-electron chi connectivity index (χ0n) is 13.5. The van der Waals surface area contributed by atoms with E-state index in [0.29, 0.717) is 18.0 Å². The summed E-state index contributed by atoms with van der Waals surface area (Å²) in [5.74, 6) is -0.784. The van der Waals surface area contributed by atoms with Crippen LogP contribution in [0.5, 0.6) is 0 Å². The van der Waals surface area contributed by atoms with E-state index in [2.05, 4.69) is 4.72 Å². The van der Waals surface area contributed by atoms with Crippen molar-refractivity contribution in [2.24, 2.45) is 5.41 Å². The van der Waals surface area contributed by atoms with Crippen molar-refractivity contribution in [2.75, 3.05) is 6.54 Å². The molecule has 23 heavy (non-hydrogen) atoms. The van der Waals surface area contributed by atoms with Gasteiger partial charge in [0, 0.05) is 11.6 Å². The molecule has 7 heteroatoms. The number of carboxylic acid groups (broad SMARTS) is 1. The van der Waals surface area contributed by atoms with Gasteiger partial charge in [0.05, 0.1) is 10.3 Å². The molecule has 0 spiro atoms. The van der Waals surface area contributed by atoms with Gasteiger partial charge in [-0.1, -0.05) is 30.9 Å². The van der Waals surface area contributed by atoms with Crippen LogP contribution in [-0.2, 0) is 14.8 Å². The normalized spacial score (nSPS) is 12.3. The molecule has 0 heterocycles. The van der Waals surface area contributed by atoms with E-state index < -0.39 is 21.4 Å². The molecule has 0 aliphatic heterocycles. The van der Waals surface area contributed by atoms with Crippen LogP contribution < -0.4 is 4.72 Å². The fraction of sp³-hybridized carbons (Fsp3) is 0.562. The lowest BCUT2D eigenvalue weighted by Gasteiger charge is -2.18. The van der Waals surface area contributed by atoms with Crippen LogP contribution in [-0.4, -0.2) is 26.0 Å². The van der Waals surface area contributed by atoms with E-state index in [0.717, 1.165) is 25.7 Å². The van der Waals surface area contributed by atoms with E-state index in [1.807, 2.05) is 0 Å². The lowest BCUT2D eigenvalue weighted by atomic mass is 9.87. The Balaban J connectivity index is 2.25. The molecule has 0 saturated carbocycles. The molecular formula is C16H24ClNO4S. The Morgan fingerprint density at radius 3 is 2.26 bits per heavy atom. The van der Waals surface area contributed by atoms with Crippen molar-refractivity contribution in [2.45, 2.75) is 50.8 Å². The maximum atomic E-state index is 12.0. The Bertz CT molecular complexity index is 611. The molecule has 5 nitrogen and oxygen atoms in total. The molecule has 0 fully saturated rings. The standard InChI is InChI=1S/C16H24ClNO4S/c1-16(2,15(19)20)11-5-3-4-6-12-18-23(21,22)14-9-7-13(17)8-10-14/h7-10,18H,3-6,11-12H2,1-2H3,(H,19,20). The Hall–Kier alpha value is -1.11. The smallest absolute Gasteiger partial charge is 0.309 e. The summed E-state index contributed by atoms with van der Waals surface area (Å²) in [5.41, 5.74) is -0.698.